The molecule has 27 nitrogen and oxygen atoms in total. The molecule has 2 aliphatic heterocycles. The number of hydrogen-bond acceptors (Lipinski definition) is 21. The lowest BCUT2D eigenvalue weighted by Crippen LogP contribution is -2.49. The number of esters is 2. The van der Waals surface area contributed by atoms with Crippen molar-refractivity contribution in [3.8, 4) is 22.3 Å². The Morgan fingerprint density at radius 1 is 0.496 bits per heavy atom. The van der Waals surface area contributed by atoms with Crippen molar-refractivity contribution >= 4 is 70.9 Å². The van der Waals surface area contributed by atoms with Crippen LogP contribution < -0.4 is 32.3 Å². The normalized spacial score (nSPS) is 19.0. The van der Waals surface area contributed by atoms with E-state index in [0.29, 0.717) is 102 Å². The summed E-state index contributed by atoms with van der Waals surface area (Å²) in [5.41, 5.74) is 12.3. The van der Waals surface area contributed by atoms with E-state index in [0.717, 1.165) is 60.8 Å². The quantitative estimate of drug-likeness (QED) is 0.0115. The molecule has 2 saturated heterocycles. The molecule has 8 atom stereocenters. The van der Waals surface area contributed by atoms with E-state index >= 15 is 0 Å². The van der Waals surface area contributed by atoms with Gasteiger partial charge in [-0.25, -0.2) is 19.2 Å². The van der Waals surface area contributed by atoms with Crippen LogP contribution in [0.1, 0.15) is 217 Å². The highest BCUT2D eigenvalue weighted by Gasteiger charge is 2.33. The van der Waals surface area contributed by atoms with Crippen molar-refractivity contribution in [3.05, 3.63) is 119 Å². The molecule has 636 valence electrons. The summed E-state index contributed by atoms with van der Waals surface area (Å²) >= 11 is 0. The van der Waals surface area contributed by atoms with Gasteiger partial charge in [0.25, 0.3) is 0 Å². The summed E-state index contributed by atoms with van der Waals surface area (Å²) in [7, 11) is 2.46. The number of Topliss-reactive ketones (excluding diaryl/α,β-unsaturated/α-hetero) is 4. The van der Waals surface area contributed by atoms with Gasteiger partial charge in [-0.15, -0.1) is 0 Å². The van der Waals surface area contributed by atoms with Crippen LogP contribution >= 0.6 is 0 Å². The first kappa shape index (κ1) is 98.1. The van der Waals surface area contributed by atoms with Crippen LogP contribution in [0.25, 0.3) is 22.3 Å². The van der Waals surface area contributed by atoms with Crippen LogP contribution in [0.15, 0.2) is 97.1 Å². The van der Waals surface area contributed by atoms with E-state index in [9.17, 15) is 62.6 Å². The van der Waals surface area contributed by atoms with Crippen molar-refractivity contribution in [1.29, 1.82) is 0 Å². The van der Waals surface area contributed by atoms with Gasteiger partial charge < -0.3 is 75.3 Å². The van der Waals surface area contributed by atoms with Crippen LogP contribution in [0.3, 0.4) is 0 Å². The van der Waals surface area contributed by atoms with Gasteiger partial charge in [0.2, 0.25) is 17.7 Å². The number of nitrogens with two attached hydrogens (primary N) is 1. The third kappa shape index (κ3) is 39.8. The van der Waals surface area contributed by atoms with E-state index in [1.54, 1.807) is 79.7 Å². The highest BCUT2D eigenvalue weighted by molar-refractivity contribution is 6.00. The van der Waals surface area contributed by atoms with E-state index in [1.807, 2.05) is 24.3 Å². The minimum atomic E-state index is -1.08. The Hall–Kier alpha value is -9.28. The van der Waals surface area contributed by atoms with E-state index in [-0.39, 0.29) is 69.5 Å². The van der Waals surface area contributed by atoms with Gasteiger partial charge in [-0.1, -0.05) is 150 Å². The number of carbonyl (C=O) groups excluding carboxylic acids is 11. The predicted molar refractivity (Wildman–Crippen MR) is 437 cm³/mol. The second kappa shape index (κ2) is 53.1. The number of carboxylic acids is 1. The maximum Gasteiger partial charge on any atom is 0.407 e. The summed E-state index contributed by atoms with van der Waals surface area (Å²) in [5, 5.41) is 23.0. The third-order valence-corrected chi connectivity index (χ3v) is 18.9. The number of carboxylic acid groups (broad SMARTS) is 1. The van der Waals surface area contributed by atoms with Crippen molar-refractivity contribution in [2.24, 2.45) is 29.4 Å². The summed E-state index contributed by atoms with van der Waals surface area (Å²) in [6, 6.07) is 27.8. The molecule has 0 unspecified atom stereocenters. The van der Waals surface area contributed by atoms with Gasteiger partial charge in [-0.2, -0.15) is 0 Å². The molecule has 2 fully saturated rings. The first-order chi connectivity index (χ1) is 54.7. The van der Waals surface area contributed by atoms with Crippen molar-refractivity contribution in [1.82, 2.24) is 26.6 Å². The minimum absolute atomic E-state index is 0.00882. The van der Waals surface area contributed by atoms with Crippen LogP contribution in [0.2, 0.25) is 0 Å². The molecule has 5 amide bonds. The number of hydrogen-bond donors (Lipinski definition) is 7. The number of amides is 5. The first-order valence-corrected chi connectivity index (χ1v) is 40.5. The Kier molecular flexibility index (Phi) is 45.2. The average molecular weight is 1610 g/mol. The third-order valence-electron chi connectivity index (χ3n) is 18.9. The molecule has 27 heteroatoms. The number of aliphatic carboxylic acids is 1. The number of ketones is 4. The molecule has 0 aliphatic carbocycles. The molecule has 115 heavy (non-hydrogen) atoms. The largest absolute Gasteiger partial charge is 0.481 e. The Labute approximate surface area is 679 Å². The van der Waals surface area contributed by atoms with Gasteiger partial charge >= 0.3 is 30.1 Å². The molecule has 4 aromatic carbocycles. The van der Waals surface area contributed by atoms with Crippen molar-refractivity contribution in [2.45, 2.75) is 233 Å². The lowest BCUT2D eigenvalue weighted by atomic mass is 9.91. The number of carbonyl (C=O) groups is 12. The monoisotopic (exact) mass is 1600 g/mol. The topological polar surface area (TPSA) is 385 Å². The van der Waals surface area contributed by atoms with Gasteiger partial charge in [0.05, 0.1) is 52.6 Å². The van der Waals surface area contributed by atoms with Crippen LogP contribution in [-0.4, -0.2) is 192 Å². The number of rotatable bonds is 29. The maximum absolute atomic E-state index is 14.0. The average Bonchev–Trinajstić information content (AvgIpc) is 1.00. The molecular weight excluding hydrogens is 1480 g/mol. The zero-order valence-corrected chi connectivity index (χ0v) is 69.8. The molecule has 8 N–H and O–H groups in total. The van der Waals surface area contributed by atoms with Crippen molar-refractivity contribution in [2.75, 3.05) is 80.2 Å². The first-order valence-electron chi connectivity index (χ1n) is 40.5. The number of aryl methyl sites for hydroxylation is 2. The molecule has 0 spiro atoms. The Morgan fingerprint density at radius 2 is 0.852 bits per heavy atom. The second-order valence-electron chi connectivity index (χ2n) is 31.3. The number of methoxy groups -OCH3 is 2. The van der Waals surface area contributed by atoms with E-state index < -0.39 is 113 Å². The second-order valence-corrected chi connectivity index (χ2v) is 31.3. The lowest BCUT2D eigenvalue weighted by molar-refractivity contribution is -0.147. The van der Waals surface area contributed by atoms with Gasteiger partial charge in [0.15, 0.2) is 35.2 Å². The van der Waals surface area contributed by atoms with Crippen molar-refractivity contribution < 1.29 is 101 Å². The highest BCUT2D eigenvalue weighted by atomic mass is 16.6. The number of ether oxygens (including phenoxy) is 8. The zero-order chi connectivity index (χ0) is 84.9. The van der Waals surface area contributed by atoms with Crippen LogP contribution in [0, 0.1) is 23.7 Å². The lowest BCUT2D eigenvalue weighted by Gasteiger charge is -2.23. The number of benzene rings is 4. The molecule has 4 aromatic rings. The van der Waals surface area contributed by atoms with E-state index in [1.165, 1.54) is 38.2 Å². The van der Waals surface area contributed by atoms with Gasteiger partial charge in [0.1, 0.15) is 17.2 Å². The smallest absolute Gasteiger partial charge is 0.407 e. The van der Waals surface area contributed by atoms with Crippen LogP contribution in [-0.2, 0) is 89.1 Å². The summed E-state index contributed by atoms with van der Waals surface area (Å²) in [6.07, 6.45) is 10.9. The van der Waals surface area contributed by atoms with Crippen molar-refractivity contribution in [3.63, 3.8) is 0 Å². The summed E-state index contributed by atoms with van der Waals surface area (Å²) < 4.78 is 42.1. The molecule has 0 aromatic heterocycles. The minimum Gasteiger partial charge on any atom is -0.481 e. The molecule has 0 bridgehead atoms. The number of unbranched alkanes of at least 4 members (excludes halogenated alkanes) is 4. The summed E-state index contributed by atoms with van der Waals surface area (Å²) in [4.78, 5) is 151. The van der Waals surface area contributed by atoms with E-state index in [4.69, 9.17) is 38.9 Å². The molecule has 0 radical (unpaired) electrons. The number of alkyl carbamates (subject to hydrolysis) is 2. The van der Waals surface area contributed by atoms with Gasteiger partial charge in [-0.05, 0) is 152 Å². The molecular formula is C88H128N6O21. The van der Waals surface area contributed by atoms with Gasteiger partial charge in [-0.3, -0.25) is 38.4 Å². The van der Waals surface area contributed by atoms with Crippen LogP contribution in [0.5, 0.6) is 0 Å². The fourth-order valence-electron chi connectivity index (χ4n) is 12.1. The van der Waals surface area contributed by atoms with E-state index in [2.05, 4.69) is 93.7 Å². The van der Waals surface area contributed by atoms with Crippen LogP contribution in [0.4, 0.5) is 9.59 Å². The molecule has 6 rings (SSSR count). The SMILES string of the molecule is CCCCc1ccc(-c2ccc(C(=O)C[C@@H](CCCCNC(=O)OC(C)(C)C)C(=O)N[C@H]3COCCCCOC[C@@H](C(=O)OC)NC(=O)[C@H](C)CC3=O)cc2)cc1.CCCCc1ccc(-c2ccc(C(=O)C[C@@H](CCCCNC(=O)OC(C)(C)C)C(=O)O)cc2)cc1.COC(=O)[C@@H]1COCCCCOC[C@H](N)C(=O)C[C@@H](C)C(=O)N1. The fourth-order valence-corrected chi connectivity index (χ4v) is 12.1. The standard InChI is InChI=1S/C44H63N3O10.C29H39NO5.C15H26N2O6/c1-7-8-13-31-15-17-32(18-16-31)33-19-21-34(22-20-33)38(48)27-35(14-9-10-23-45-43(53)57-44(3,4)5)41(51)46-36-28-55-24-11-12-25-56-29-37(42(52)54-6)47-40(50)30(2)26-39(36)49;1-5-6-9-21-11-13-22(14-12-21)23-15-17-24(18-16-23)26(31)20-25(27(32)33)10-7-8-19-30-28(34)35-29(2,3)4;1-10-7-13(18)11(16)8-22-5-3-4-6-23-9-12(15(20)21-2)17-14(10)19/h15-22,30,35-37H,7-14,23-29H2,1-6H3,(H,45,53)(H,46,51)(H,47,50);11-18,25H,5-10,19-20H2,1-4H3,(H,30,34)(H,32,33);10-12H,3-9,16H2,1-2H3,(H,17,19)/t30-,35-,36+,37+;25-;10-,11+,12+/m111/s1. The maximum atomic E-state index is 14.0. The molecule has 2 aliphatic rings. The molecule has 0 saturated carbocycles. The number of nitrogens with one attached hydrogen (secondary N) is 5. The summed E-state index contributed by atoms with van der Waals surface area (Å²) in [6.45, 7) is 20.4. The molecule has 2 heterocycles. The zero-order valence-electron chi connectivity index (χ0n) is 69.8. The Bertz CT molecular complexity index is 3670. The Balaban J connectivity index is 0.000000405. The highest BCUT2D eigenvalue weighted by Crippen LogP contribution is 2.27. The summed E-state index contributed by atoms with van der Waals surface area (Å²) in [5.74, 6) is -7.72. The Morgan fingerprint density at radius 3 is 1.23 bits per heavy atom. The fraction of sp³-hybridized carbons (Fsp3) is 0.591. The predicted octanol–water partition coefficient (Wildman–Crippen LogP) is 12.2. The van der Waals surface area contributed by atoms with Gasteiger partial charge in [0, 0.05) is 94.1 Å².